The average Bonchev–Trinajstić information content (AvgIpc) is 3.09. The molecule has 1 aromatic heterocycles. The lowest BCUT2D eigenvalue weighted by Gasteiger charge is -2.36. The van der Waals surface area contributed by atoms with E-state index in [1.807, 2.05) is 24.5 Å². The highest BCUT2D eigenvalue weighted by Crippen LogP contribution is 2.39. The van der Waals surface area contributed by atoms with Gasteiger partial charge < -0.3 is 19.5 Å². The molecule has 7 heteroatoms. The zero-order valence-electron chi connectivity index (χ0n) is 14.1. The molecule has 3 heterocycles. The lowest BCUT2D eigenvalue weighted by Crippen LogP contribution is -2.45. The van der Waals surface area contributed by atoms with Crippen LogP contribution in [0, 0.1) is 0 Å². The molecule has 0 aliphatic carbocycles. The molecule has 1 unspecified atom stereocenters. The third kappa shape index (κ3) is 3.66. The molecule has 2 aliphatic heterocycles. The van der Waals surface area contributed by atoms with Crippen LogP contribution < -0.4 is 19.5 Å². The van der Waals surface area contributed by atoms with E-state index in [0.29, 0.717) is 6.04 Å². The van der Waals surface area contributed by atoms with E-state index in [9.17, 15) is 0 Å². The Balaban J connectivity index is 0.00000182. The Hall–Kier alpha value is -2.02. The third-order valence-electron chi connectivity index (χ3n) is 4.59. The quantitative estimate of drug-likeness (QED) is 0.900. The van der Waals surface area contributed by atoms with Gasteiger partial charge in [0.1, 0.15) is 5.75 Å². The molecule has 0 amide bonds. The Kier molecular flexibility index (Phi) is 5.63. The maximum absolute atomic E-state index is 5.57. The molecule has 1 atom stereocenters. The third-order valence-corrected chi connectivity index (χ3v) is 4.59. The summed E-state index contributed by atoms with van der Waals surface area (Å²) < 4.78 is 16.5. The van der Waals surface area contributed by atoms with Crippen LogP contribution in [0.25, 0.3) is 0 Å². The molecule has 25 heavy (non-hydrogen) atoms. The molecule has 0 spiro atoms. The molecular weight excluding hydrogens is 342 g/mol. The van der Waals surface area contributed by atoms with Crippen molar-refractivity contribution in [1.29, 1.82) is 0 Å². The molecule has 0 radical (unpaired) electrons. The number of piperazine rings is 1. The fourth-order valence-corrected chi connectivity index (χ4v) is 3.35. The minimum absolute atomic E-state index is 0. The second-order valence-electron chi connectivity index (χ2n) is 5.99. The van der Waals surface area contributed by atoms with Crippen LogP contribution in [0.3, 0.4) is 0 Å². The van der Waals surface area contributed by atoms with Crippen molar-refractivity contribution in [3.8, 4) is 17.2 Å². The number of methoxy groups -OCH3 is 1. The van der Waals surface area contributed by atoms with E-state index in [1.54, 1.807) is 7.11 Å². The van der Waals surface area contributed by atoms with Gasteiger partial charge in [0, 0.05) is 56.2 Å². The van der Waals surface area contributed by atoms with Crippen molar-refractivity contribution in [3.63, 3.8) is 0 Å². The summed E-state index contributed by atoms with van der Waals surface area (Å²) in [6, 6.07) is 8.44. The van der Waals surface area contributed by atoms with E-state index < -0.39 is 0 Å². The highest BCUT2D eigenvalue weighted by Gasteiger charge is 2.26. The molecule has 2 aliphatic rings. The number of halogens is 1. The fourth-order valence-electron chi connectivity index (χ4n) is 3.35. The summed E-state index contributed by atoms with van der Waals surface area (Å²) in [4.78, 5) is 6.59. The Morgan fingerprint density at radius 3 is 2.76 bits per heavy atom. The van der Waals surface area contributed by atoms with Crippen molar-refractivity contribution in [2.75, 3.05) is 33.5 Å². The second kappa shape index (κ2) is 7.91. The van der Waals surface area contributed by atoms with Gasteiger partial charge in [-0.2, -0.15) is 0 Å². The monoisotopic (exact) mass is 363 g/mol. The predicted molar refractivity (Wildman–Crippen MR) is 96.6 cm³/mol. The number of pyridine rings is 1. The van der Waals surface area contributed by atoms with Gasteiger partial charge in [-0.3, -0.25) is 9.88 Å². The molecule has 0 saturated carbocycles. The summed E-state index contributed by atoms with van der Waals surface area (Å²) >= 11 is 0. The summed E-state index contributed by atoms with van der Waals surface area (Å²) in [5, 5.41) is 3.48. The van der Waals surface area contributed by atoms with Crippen LogP contribution in [0.5, 0.6) is 17.2 Å². The summed E-state index contributed by atoms with van der Waals surface area (Å²) in [7, 11) is 1.69. The van der Waals surface area contributed by atoms with E-state index in [0.717, 1.165) is 49.0 Å². The van der Waals surface area contributed by atoms with Gasteiger partial charge in [0.15, 0.2) is 11.5 Å². The van der Waals surface area contributed by atoms with Gasteiger partial charge in [-0.25, -0.2) is 0 Å². The Bertz CT molecular complexity index is 714. The molecule has 1 N–H and O–H groups in total. The second-order valence-corrected chi connectivity index (χ2v) is 5.99. The average molecular weight is 364 g/mol. The van der Waals surface area contributed by atoms with Gasteiger partial charge >= 0.3 is 0 Å². The van der Waals surface area contributed by atoms with Crippen LogP contribution in [0.4, 0.5) is 0 Å². The van der Waals surface area contributed by atoms with Crippen LogP contribution in [-0.4, -0.2) is 43.4 Å². The first-order valence-electron chi connectivity index (χ1n) is 8.16. The smallest absolute Gasteiger partial charge is 0.231 e. The molecule has 134 valence electrons. The lowest BCUT2D eigenvalue weighted by molar-refractivity contribution is 0.152. The van der Waals surface area contributed by atoms with Gasteiger partial charge in [0.25, 0.3) is 0 Å². The zero-order chi connectivity index (χ0) is 16.4. The van der Waals surface area contributed by atoms with E-state index in [4.69, 9.17) is 14.2 Å². The molecule has 4 rings (SSSR count). The molecule has 1 saturated heterocycles. The minimum Gasteiger partial charge on any atom is -0.496 e. The van der Waals surface area contributed by atoms with Crippen LogP contribution in [0.2, 0.25) is 0 Å². The SMILES string of the molecule is COc1cc2c(cc1CN1CCNCC1c1ccncc1)OCO2.Cl. The van der Waals surface area contributed by atoms with Crippen molar-refractivity contribution in [3.05, 3.63) is 47.8 Å². The number of rotatable bonds is 4. The van der Waals surface area contributed by atoms with E-state index in [-0.39, 0.29) is 19.2 Å². The Labute approximate surface area is 153 Å². The summed E-state index contributed by atoms with van der Waals surface area (Å²) in [5.74, 6) is 2.38. The molecular formula is C18H22ClN3O3. The van der Waals surface area contributed by atoms with Crippen molar-refractivity contribution in [1.82, 2.24) is 15.2 Å². The molecule has 2 aromatic rings. The van der Waals surface area contributed by atoms with Crippen molar-refractivity contribution < 1.29 is 14.2 Å². The Morgan fingerprint density at radius 2 is 2.00 bits per heavy atom. The number of hydrogen-bond donors (Lipinski definition) is 1. The number of nitrogens with one attached hydrogen (secondary N) is 1. The van der Waals surface area contributed by atoms with Gasteiger partial charge in [0.05, 0.1) is 7.11 Å². The summed E-state index contributed by atoms with van der Waals surface area (Å²) in [6.07, 6.45) is 3.70. The summed E-state index contributed by atoms with van der Waals surface area (Å²) in [6.45, 7) is 3.96. The maximum Gasteiger partial charge on any atom is 0.231 e. The van der Waals surface area contributed by atoms with Crippen molar-refractivity contribution in [2.24, 2.45) is 0 Å². The predicted octanol–water partition coefficient (Wildman–Crippen LogP) is 2.39. The van der Waals surface area contributed by atoms with Crippen LogP contribution in [0.15, 0.2) is 36.7 Å². The number of fused-ring (bicyclic) bond motifs is 1. The van der Waals surface area contributed by atoms with Gasteiger partial charge in [-0.15, -0.1) is 12.4 Å². The van der Waals surface area contributed by atoms with E-state index in [1.165, 1.54) is 5.56 Å². The number of nitrogens with zero attached hydrogens (tertiary/aromatic N) is 2. The maximum atomic E-state index is 5.57. The normalized spacial score (nSPS) is 19.3. The van der Waals surface area contributed by atoms with Gasteiger partial charge in [-0.05, 0) is 23.8 Å². The van der Waals surface area contributed by atoms with Crippen LogP contribution >= 0.6 is 12.4 Å². The Morgan fingerprint density at radius 1 is 1.24 bits per heavy atom. The van der Waals surface area contributed by atoms with Gasteiger partial charge in [0.2, 0.25) is 6.79 Å². The van der Waals surface area contributed by atoms with E-state index in [2.05, 4.69) is 27.3 Å². The molecule has 1 aromatic carbocycles. The fraction of sp³-hybridized carbons (Fsp3) is 0.389. The molecule has 0 bridgehead atoms. The number of benzene rings is 1. The first kappa shape index (κ1) is 17.8. The number of hydrogen-bond acceptors (Lipinski definition) is 6. The number of aromatic nitrogens is 1. The minimum atomic E-state index is 0. The summed E-state index contributed by atoms with van der Waals surface area (Å²) in [5.41, 5.74) is 2.39. The largest absolute Gasteiger partial charge is 0.496 e. The topological polar surface area (TPSA) is 55.9 Å². The molecule has 1 fully saturated rings. The molecule has 6 nitrogen and oxygen atoms in total. The zero-order valence-corrected chi connectivity index (χ0v) is 14.9. The van der Waals surface area contributed by atoms with E-state index >= 15 is 0 Å². The van der Waals surface area contributed by atoms with Crippen molar-refractivity contribution >= 4 is 12.4 Å². The standard InChI is InChI=1S/C18H21N3O3.ClH/c1-22-16-9-18-17(23-12-24-18)8-14(16)11-21-7-6-20-10-15(21)13-2-4-19-5-3-13;/h2-5,8-9,15,20H,6-7,10-12H2,1H3;1H. The van der Waals surface area contributed by atoms with Crippen LogP contribution in [-0.2, 0) is 6.54 Å². The highest BCUT2D eigenvalue weighted by atomic mass is 35.5. The first-order chi connectivity index (χ1) is 11.8. The number of ether oxygens (including phenoxy) is 3. The lowest BCUT2D eigenvalue weighted by atomic mass is 10.0. The van der Waals surface area contributed by atoms with Crippen molar-refractivity contribution in [2.45, 2.75) is 12.6 Å². The highest BCUT2D eigenvalue weighted by molar-refractivity contribution is 5.85. The van der Waals surface area contributed by atoms with Gasteiger partial charge in [-0.1, -0.05) is 0 Å². The first-order valence-corrected chi connectivity index (χ1v) is 8.16. The van der Waals surface area contributed by atoms with Crippen LogP contribution in [0.1, 0.15) is 17.2 Å².